The number of hydrogen-bond acceptors (Lipinski definition) is 4. The molecule has 0 radical (unpaired) electrons. The van der Waals surface area contributed by atoms with Gasteiger partial charge in [0, 0.05) is 6.54 Å². The molecular weight excluding hydrogens is 218 g/mol. The van der Waals surface area contributed by atoms with Crippen molar-refractivity contribution in [3.05, 3.63) is 0 Å². The molecule has 0 aliphatic carbocycles. The summed E-state index contributed by atoms with van der Waals surface area (Å²) < 4.78 is 22.2. The molecule has 0 aromatic carbocycles. The Morgan fingerprint density at radius 2 is 2.27 bits per heavy atom. The van der Waals surface area contributed by atoms with Gasteiger partial charge in [-0.2, -0.15) is 0 Å². The van der Waals surface area contributed by atoms with Crippen LogP contribution in [0.5, 0.6) is 0 Å². The van der Waals surface area contributed by atoms with Crippen LogP contribution in [-0.4, -0.2) is 43.6 Å². The molecule has 1 aliphatic rings. The number of aliphatic hydroxyl groups excluding tert-OH is 1. The number of nitrogens with one attached hydrogen (secondary N) is 1. The zero-order chi connectivity index (χ0) is 11.5. The highest BCUT2D eigenvalue weighted by atomic mass is 32.2. The van der Waals surface area contributed by atoms with Gasteiger partial charge >= 0.3 is 0 Å². The number of sulfone groups is 1. The molecule has 6 heteroatoms. The molecule has 1 saturated heterocycles. The third-order valence-electron chi connectivity index (χ3n) is 2.59. The first-order valence-corrected chi connectivity index (χ1v) is 6.93. The van der Waals surface area contributed by atoms with E-state index < -0.39 is 21.9 Å². The fourth-order valence-corrected chi connectivity index (χ4v) is 3.25. The number of hydrogen-bond donors (Lipinski definition) is 2. The maximum Gasteiger partial charge on any atom is 0.224 e. The number of aliphatic hydroxyl groups is 1. The summed E-state index contributed by atoms with van der Waals surface area (Å²) in [4.78, 5) is 11.5. The first kappa shape index (κ1) is 12.4. The van der Waals surface area contributed by atoms with Crippen molar-refractivity contribution in [3.63, 3.8) is 0 Å². The number of carbonyl (C=O) groups is 1. The Labute approximate surface area is 89.8 Å². The Hall–Kier alpha value is -0.620. The van der Waals surface area contributed by atoms with Gasteiger partial charge in [0.15, 0.2) is 9.84 Å². The lowest BCUT2D eigenvalue weighted by Crippen LogP contribution is -2.36. The van der Waals surface area contributed by atoms with Crippen LogP contribution in [0.4, 0.5) is 0 Å². The van der Waals surface area contributed by atoms with Crippen LogP contribution < -0.4 is 5.32 Å². The van der Waals surface area contributed by atoms with E-state index >= 15 is 0 Å². The Bertz CT molecular complexity index is 325. The van der Waals surface area contributed by atoms with Gasteiger partial charge in [-0.1, -0.05) is 6.92 Å². The number of carbonyl (C=O) groups excluding carboxylic acids is 1. The topological polar surface area (TPSA) is 83.5 Å². The second-order valence-electron chi connectivity index (χ2n) is 3.91. The Kier molecular flexibility index (Phi) is 4.10. The van der Waals surface area contributed by atoms with Crippen LogP contribution in [0.3, 0.4) is 0 Å². The van der Waals surface area contributed by atoms with Crippen molar-refractivity contribution in [1.29, 1.82) is 0 Å². The molecule has 0 aromatic heterocycles. The summed E-state index contributed by atoms with van der Waals surface area (Å²) in [6.45, 7) is 2.02. The average Bonchev–Trinajstić information content (AvgIpc) is 2.54. The predicted molar refractivity (Wildman–Crippen MR) is 56.1 cm³/mol. The van der Waals surface area contributed by atoms with Gasteiger partial charge in [-0.25, -0.2) is 8.42 Å². The minimum atomic E-state index is -3.01. The molecule has 2 atom stereocenters. The van der Waals surface area contributed by atoms with Crippen molar-refractivity contribution in [1.82, 2.24) is 5.32 Å². The maximum absolute atomic E-state index is 11.5. The highest BCUT2D eigenvalue weighted by Gasteiger charge is 2.32. The summed E-state index contributed by atoms with van der Waals surface area (Å²) in [5, 5.41) is 11.8. The lowest BCUT2D eigenvalue weighted by Gasteiger charge is -2.12. The summed E-state index contributed by atoms with van der Waals surface area (Å²) in [6.07, 6.45) is 0.423. The molecule has 15 heavy (non-hydrogen) atoms. The highest BCUT2D eigenvalue weighted by Crippen LogP contribution is 2.18. The van der Waals surface area contributed by atoms with E-state index in [9.17, 15) is 18.3 Å². The van der Waals surface area contributed by atoms with E-state index in [4.69, 9.17) is 0 Å². The molecule has 1 aliphatic heterocycles. The van der Waals surface area contributed by atoms with Crippen molar-refractivity contribution in [2.45, 2.75) is 25.9 Å². The van der Waals surface area contributed by atoms with E-state index in [1.807, 2.05) is 6.92 Å². The lowest BCUT2D eigenvalue weighted by atomic mass is 10.1. The Morgan fingerprint density at radius 3 is 2.73 bits per heavy atom. The van der Waals surface area contributed by atoms with Crippen LogP contribution in [0.2, 0.25) is 0 Å². The molecule has 0 spiro atoms. The Morgan fingerprint density at radius 1 is 1.60 bits per heavy atom. The quantitative estimate of drug-likeness (QED) is 0.675. The minimum Gasteiger partial charge on any atom is -0.391 e. The molecule has 88 valence electrons. The number of rotatable bonds is 4. The summed E-state index contributed by atoms with van der Waals surface area (Å²) in [5.41, 5.74) is 0. The van der Waals surface area contributed by atoms with Gasteiger partial charge in [0.1, 0.15) is 0 Å². The first-order chi connectivity index (χ1) is 6.94. The predicted octanol–water partition coefficient (Wildman–Crippen LogP) is -0.692. The summed E-state index contributed by atoms with van der Waals surface area (Å²) in [6, 6.07) is 0. The molecule has 1 heterocycles. The molecular formula is C9H17NO4S. The zero-order valence-electron chi connectivity index (χ0n) is 8.77. The third-order valence-corrected chi connectivity index (χ3v) is 4.35. The van der Waals surface area contributed by atoms with Gasteiger partial charge in [0.25, 0.3) is 0 Å². The summed E-state index contributed by atoms with van der Waals surface area (Å²) in [5.74, 6) is -0.648. The molecule has 1 amide bonds. The second-order valence-corrected chi connectivity index (χ2v) is 6.14. The van der Waals surface area contributed by atoms with E-state index in [-0.39, 0.29) is 24.0 Å². The van der Waals surface area contributed by atoms with Gasteiger partial charge in [-0.05, 0) is 12.8 Å². The van der Waals surface area contributed by atoms with E-state index in [0.717, 1.165) is 0 Å². The molecule has 0 bridgehead atoms. The SMILES string of the molecule is CCC(O)CNC(=O)C1CCS(=O)(=O)C1. The van der Waals surface area contributed by atoms with Crippen LogP contribution in [0.1, 0.15) is 19.8 Å². The fourth-order valence-electron chi connectivity index (χ4n) is 1.51. The van der Waals surface area contributed by atoms with Gasteiger partial charge in [0.2, 0.25) is 5.91 Å². The van der Waals surface area contributed by atoms with Crippen molar-refractivity contribution >= 4 is 15.7 Å². The van der Waals surface area contributed by atoms with Gasteiger partial charge in [-0.15, -0.1) is 0 Å². The lowest BCUT2D eigenvalue weighted by molar-refractivity contribution is -0.124. The minimum absolute atomic E-state index is 0.0545. The summed E-state index contributed by atoms with van der Waals surface area (Å²) >= 11 is 0. The highest BCUT2D eigenvalue weighted by molar-refractivity contribution is 7.91. The molecule has 0 aromatic rings. The summed E-state index contributed by atoms with van der Waals surface area (Å²) in [7, 11) is -3.01. The number of amides is 1. The van der Waals surface area contributed by atoms with Crippen LogP contribution in [0.25, 0.3) is 0 Å². The monoisotopic (exact) mass is 235 g/mol. The van der Waals surface area contributed by atoms with Crippen LogP contribution in [0.15, 0.2) is 0 Å². The van der Waals surface area contributed by atoms with Crippen molar-refractivity contribution in [2.75, 3.05) is 18.1 Å². The zero-order valence-corrected chi connectivity index (χ0v) is 9.59. The first-order valence-electron chi connectivity index (χ1n) is 5.11. The van der Waals surface area contributed by atoms with Crippen LogP contribution >= 0.6 is 0 Å². The van der Waals surface area contributed by atoms with E-state index in [2.05, 4.69) is 5.32 Å². The molecule has 2 N–H and O–H groups in total. The van der Waals surface area contributed by atoms with E-state index in [1.165, 1.54) is 0 Å². The average molecular weight is 235 g/mol. The van der Waals surface area contributed by atoms with E-state index in [1.54, 1.807) is 0 Å². The molecule has 5 nitrogen and oxygen atoms in total. The molecule has 1 rings (SSSR count). The maximum atomic E-state index is 11.5. The molecule has 2 unspecified atom stereocenters. The van der Waals surface area contributed by atoms with Crippen LogP contribution in [-0.2, 0) is 14.6 Å². The third kappa shape index (κ3) is 3.79. The van der Waals surface area contributed by atoms with Crippen molar-refractivity contribution < 1.29 is 18.3 Å². The molecule has 1 fully saturated rings. The van der Waals surface area contributed by atoms with Crippen molar-refractivity contribution in [3.8, 4) is 0 Å². The molecule has 0 saturated carbocycles. The normalized spacial score (nSPS) is 26.1. The standard InChI is InChI=1S/C9H17NO4S/c1-2-8(11)5-10-9(12)7-3-4-15(13,14)6-7/h7-8,11H,2-6H2,1H3,(H,10,12). The van der Waals surface area contributed by atoms with Crippen molar-refractivity contribution in [2.24, 2.45) is 5.92 Å². The van der Waals surface area contributed by atoms with Gasteiger partial charge in [0.05, 0.1) is 23.5 Å². The largest absolute Gasteiger partial charge is 0.391 e. The van der Waals surface area contributed by atoms with Crippen LogP contribution in [0, 0.1) is 5.92 Å². The van der Waals surface area contributed by atoms with E-state index in [0.29, 0.717) is 12.8 Å². The second kappa shape index (κ2) is 4.94. The van der Waals surface area contributed by atoms with Gasteiger partial charge in [-0.3, -0.25) is 4.79 Å². The van der Waals surface area contributed by atoms with Gasteiger partial charge < -0.3 is 10.4 Å². The smallest absolute Gasteiger partial charge is 0.224 e. The fraction of sp³-hybridized carbons (Fsp3) is 0.889. The Balaban J connectivity index is 2.36.